The normalized spacial score (nSPS) is 26.9. The van der Waals surface area contributed by atoms with Crippen molar-refractivity contribution in [2.75, 3.05) is 16.9 Å². The summed E-state index contributed by atoms with van der Waals surface area (Å²) in [6, 6.07) is 0.638. The molecule has 2 atom stereocenters. The number of nitrogen functional groups attached to an aromatic ring is 1. The summed E-state index contributed by atoms with van der Waals surface area (Å²) >= 11 is 3.58. The first-order chi connectivity index (χ1) is 9.29. The van der Waals surface area contributed by atoms with Crippen LogP contribution in [0.1, 0.15) is 38.5 Å². The molecule has 5 nitrogen and oxygen atoms in total. The van der Waals surface area contributed by atoms with Crippen molar-refractivity contribution in [1.82, 2.24) is 9.97 Å². The van der Waals surface area contributed by atoms with Gasteiger partial charge in [-0.25, -0.2) is 10.8 Å². The minimum absolute atomic E-state index is 0.483. The third-order valence-electron chi connectivity index (χ3n) is 4.37. The number of nitrogens with two attached hydrogens (primary N) is 1. The van der Waals surface area contributed by atoms with Crippen LogP contribution in [-0.4, -0.2) is 22.6 Å². The van der Waals surface area contributed by atoms with Gasteiger partial charge in [0.2, 0.25) is 5.95 Å². The first kappa shape index (κ1) is 13.1. The highest BCUT2D eigenvalue weighted by molar-refractivity contribution is 9.10. The number of hydrazine groups is 1. The predicted octanol–water partition coefficient (Wildman–Crippen LogP) is 2.68. The van der Waals surface area contributed by atoms with Crippen LogP contribution in [0.4, 0.5) is 11.8 Å². The van der Waals surface area contributed by atoms with Crippen LogP contribution in [0.2, 0.25) is 0 Å². The summed E-state index contributed by atoms with van der Waals surface area (Å²) in [6.07, 6.45) is 9.77. The average molecular weight is 326 g/mol. The minimum Gasteiger partial charge on any atom is -0.352 e. The predicted molar refractivity (Wildman–Crippen MR) is 79.9 cm³/mol. The molecule has 0 aromatic carbocycles. The fourth-order valence-corrected chi connectivity index (χ4v) is 3.94. The van der Waals surface area contributed by atoms with Crippen LogP contribution >= 0.6 is 15.9 Å². The van der Waals surface area contributed by atoms with Crippen molar-refractivity contribution in [3.63, 3.8) is 0 Å². The number of piperidine rings is 1. The molecular weight excluding hydrogens is 306 g/mol. The number of halogens is 1. The number of rotatable bonds is 2. The van der Waals surface area contributed by atoms with Crippen LogP contribution < -0.4 is 16.2 Å². The Morgan fingerprint density at radius 2 is 2.05 bits per heavy atom. The Labute approximate surface area is 122 Å². The second-order valence-electron chi connectivity index (χ2n) is 5.46. The lowest BCUT2D eigenvalue weighted by Gasteiger charge is -2.45. The molecule has 0 spiro atoms. The third-order valence-corrected chi connectivity index (χ3v) is 4.93. The largest absolute Gasteiger partial charge is 0.352 e. The number of fused-ring (bicyclic) bond motifs is 1. The van der Waals surface area contributed by atoms with Crippen LogP contribution in [0.5, 0.6) is 0 Å². The van der Waals surface area contributed by atoms with E-state index in [9.17, 15) is 0 Å². The third kappa shape index (κ3) is 2.56. The zero-order valence-corrected chi connectivity index (χ0v) is 12.6. The fraction of sp³-hybridized carbons (Fsp3) is 0.692. The van der Waals surface area contributed by atoms with Crippen molar-refractivity contribution in [3.8, 4) is 0 Å². The van der Waals surface area contributed by atoms with E-state index in [4.69, 9.17) is 5.84 Å². The SMILES string of the molecule is NNc1ncc(Br)c(N2CCCC3CCCCC32)n1. The zero-order valence-electron chi connectivity index (χ0n) is 11.0. The second kappa shape index (κ2) is 5.63. The fourth-order valence-electron chi connectivity index (χ4n) is 3.52. The van der Waals surface area contributed by atoms with Gasteiger partial charge in [0.15, 0.2) is 0 Å². The summed E-state index contributed by atoms with van der Waals surface area (Å²) in [6.45, 7) is 1.08. The van der Waals surface area contributed by atoms with Gasteiger partial charge in [-0.15, -0.1) is 0 Å². The molecule has 104 valence electrons. The van der Waals surface area contributed by atoms with Crippen LogP contribution in [0, 0.1) is 5.92 Å². The molecule has 1 aromatic heterocycles. The minimum atomic E-state index is 0.483. The van der Waals surface area contributed by atoms with E-state index in [-0.39, 0.29) is 0 Å². The van der Waals surface area contributed by atoms with Gasteiger partial charge in [-0.1, -0.05) is 12.8 Å². The van der Waals surface area contributed by atoms with E-state index in [1.165, 1.54) is 38.5 Å². The van der Waals surface area contributed by atoms with E-state index in [0.29, 0.717) is 12.0 Å². The number of nitrogens with zero attached hydrogens (tertiary/aromatic N) is 3. The average Bonchev–Trinajstić information content (AvgIpc) is 2.47. The van der Waals surface area contributed by atoms with Gasteiger partial charge in [0.05, 0.1) is 4.47 Å². The van der Waals surface area contributed by atoms with Crippen molar-refractivity contribution >= 4 is 27.7 Å². The Hall–Kier alpha value is -0.880. The quantitative estimate of drug-likeness (QED) is 0.646. The highest BCUT2D eigenvalue weighted by atomic mass is 79.9. The van der Waals surface area contributed by atoms with Gasteiger partial charge < -0.3 is 4.90 Å². The standard InChI is InChI=1S/C13H20BrN5/c14-10-8-16-13(18-15)17-12(10)19-7-3-5-9-4-1-2-6-11(9)19/h8-9,11H,1-7,15H2,(H,16,17,18). The number of anilines is 2. The van der Waals surface area contributed by atoms with Gasteiger partial charge in [0.1, 0.15) is 5.82 Å². The summed E-state index contributed by atoms with van der Waals surface area (Å²) in [7, 11) is 0. The second-order valence-corrected chi connectivity index (χ2v) is 6.31. The molecule has 6 heteroatoms. The van der Waals surface area contributed by atoms with E-state index in [0.717, 1.165) is 22.8 Å². The monoisotopic (exact) mass is 325 g/mol. The lowest BCUT2D eigenvalue weighted by Crippen LogP contribution is -2.47. The lowest BCUT2D eigenvalue weighted by molar-refractivity contribution is 0.242. The van der Waals surface area contributed by atoms with Crippen LogP contribution in [-0.2, 0) is 0 Å². The maximum Gasteiger partial charge on any atom is 0.239 e. The van der Waals surface area contributed by atoms with Crippen molar-refractivity contribution in [3.05, 3.63) is 10.7 Å². The molecule has 1 saturated heterocycles. The van der Waals surface area contributed by atoms with E-state index < -0.39 is 0 Å². The maximum atomic E-state index is 5.42. The first-order valence-electron chi connectivity index (χ1n) is 7.05. The summed E-state index contributed by atoms with van der Waals surface area (Å²) in [5.41, 5.74) is 2.54. The smallest absolute Gasteiger partial charge is 0.239 e. The molecule has 1 aliphatic heterocycles. The van der Waals surface area contributed by atoms with E-state index in [1.807, 2.05) is 0 Å². The van der Waals surface area contributed by atoms with E-state index in [2.05, 4.69) is 36.2 Å². The van der Waals surface area contributed by atoms with Crippen LogP contribution in [0.25, 0.3) is 0 Å². The number of hydrogen-bond acceptors (Lipinski definition) is 5. The van der Waals surface area contributed by atoms with Gasteiger partial charge in [-0.05, 0) is 47.5 Å². The number of nitrogens with one attached hydrogen (secondary N) is 1. The molecular formula is C13H20BrN5. The number of aromatic nitrogens is 2. The topological polar surface area (TPSA) is 67.1 Å². The van der Waals surface area contributed by atoms with Gasteiger partial charge in [-0.2, -0.15) is 4.98 Å². The van der Waals surface area contributed by atoms with E-state index >= 15 is 0 Å². The Bertz CT molecular complexity index is 451. The molecule has 0 amide bonds. The van der Waals surface area contributed by atoms with Gasteiger partial charge >= 0.3 is 0 Å². The van der Waals surface area contributed by atoms with Crippen molar-refractivity contribution < 1.29 is 0 Å². The van der Waals surface area contributed by atoms with Gasteiger partial charge in [0.25, 0.3) is 0 Å². The summed E-state index contributed by atoms with van der Waals surface area (Å²) in [5.74, 6) is 7.72. The maximum absolute atomic E-state index is 5.42. The molecule has 3 N–H and O–H groups in total. The summed E-state index contributed by atoms with van der Waals surface area (Å²) < 4.78 is 0.956. The molecule has 1 aromatic rings. The highest BCUT2D eigenvalue weighted by Crippen LogP contribution is 2.39. The first-order valence-corrected chi connectivity index (χ1v) is 7.84. The van der Waals surface area contributed by atoms with Crippen LogP contribution in [0.15, 0.2) is 10.7 Å². The summed E-state index contributed by atoms with van der Waals surface area (Å²) in [4.78, 5) is 11.1. The summed E-state index contributed by atoms with van der Waals surface area (Å²) in [5, 5.41) is 0. The molecule has 2 fully saturated rings. The van der Waals surface area contributed by atoms with Gasteiger partial charge in [-0.3, -0.25) is 5.43 Å². The van der Waals surface area contributed by atoms with Crippen molar-refractivity contribution in [2.24, 2.45) is 11.8 Å². The molecule has 1 aliphatic carbocycles. The Morgan fingerprint density at radius 1 is 1.26 bits per heavy atom. The Kier molecular flexibility index (Phi) is 3.88. The lowest BCUT2D eigenvalue weighted by atomic mass is 9.78. The molecule has 2 unspecified atom stereocenters. The molecule has 2 aliphatic rings. The number of hydrogen-bond donors (Lipinski definition) is 2. The molecule has 19 heavy (non-hydrogen) atoms. The molecule has 1 saturated carbocycles. The van der Waals surface area contributed by atoms with Gasteiger partial charge in [0, 0.05) is 18.8 Å². The highest BCUT2D eigenvalue weighted by Gasteiger charge is 2.34. The van der Waals surface area contributed by atoms with Crippen molar-refractivity contribution in [2.45, 2.75) is 44.6 Å². The molecule has 0 radical (unpaired) electrons. The zero-order chi connectivity index (χ0) is 13.2. The van der Waals surface area contributed by atoms with Crippen molar-refractivity contribution in [1.29, 1.82) is 0 Å². The molecule has 0 bridgehead atoms. The molecule has 3 rings (SSSR count). The van der Waals surface area contributed by atoms with Crippen LogP contribution in [0.3, 0.4) is 0 Å². The Balaban J connectivity index is 1.91. The Morgan fingerprint density at radius 3 is 2.89 bits per heavy atom. The molecule has 2 heterocycles. The van der Waals surface area contributed by atoms with E-state index in [1.54, 1.807) is 6.20 Å².